The minimum atomic E-state index is 0.380. The molecule has 2 aliphatic heterocycles. The number of hydrogen-bond donors (Lipinski definition) is 2. The summed E-state index contributed by atoms with van der Waals surface area (Å²) in [5.41, 5.74) is 5.53. The van der Waals surface area contributed by atoms with Crippen molar-refractivity contribution in [2.24, 2.45) is 0 Å². The van der Waals surface area contributed by atoms with Crippen molar-refractivity contribution in [1.29, 1.82) is 0 Å². The van der Waals surface area contributed by atoms with Gasteiger partial charge in [0, 0.05) is 30.6 Å². The summed E-state index contributed by atoms with van der Waals surface area (Å²) in [4.78, 5) is 0. The summed E-state index contributed by atoms with van der Waals surface area (Å²) >= 11 is 0. The van der Waals surface area contributed by atoms with Crippen LogP contribution >= 0.6 is 0 Å². The van der Waals surface area contributed by atoms with Crippen LogP contribution in [0.4, 0.5) is 0 Å². The van der Waals surface area contributed by atoms with Crippen molar-refractivity contribution >= 4 is 0 Å². The van der Waals surface area contributed by atoms with Crippen molar-refractivity contribution in [2.45, 2.75) is 57.7 Å². The number of ether oxygens (including phenoxy) is 1. The Morgan fingerprint density at radius 1 is 1.15 bits per heavy atom. The Hall–Kier alpha value is -1.84. The topological polar surface area (TPSA) is 33.3 Å². The lowest BCUT2D eigenvalue weighted by Gasteiger charge is -2.34. The molecule has 0 spiro atoms. The molecule has 0 saturated carbocycles. The van der Waals surface area contributed by atoms with Crippen LogP contribution in [0.2, 0.25) is 0 Å². The van der Waals surface area contributed by atoms with Crippen LogP contribution in [-0.2, 0) is 13.0 Å². The Morgan fingerprint density at radius 2 is 2.00 bits per heavy atom. The second-order valence-corrected chi connectivity index (χ2v) is 7.85. The van der Waals surface area contributed by atoms with Crippen LogP contribution in [0.3, 0.4) is 0 Å². The fourth-order valence-electron chi connectivity index (χ4n) is 4.41. The van der Waals surface area contributed by atoms with Crippen LogP contribution in [0.5, 0.6) is 5.75 Å². The Morgan fingerprint density at radius 3 is 2.81 bits per heavy atom. The molecule has 1 saturated heterocycles. The van der Waals surface area contributed by atoms with E-state index in [0.717, 1.165) is 31.9 Å². The standard InChI is InChI=1S/C23H30N2O/c1-16(2)19-11-10-18-12-14-26-23(18)20(19)15-25-21-9-6-13-24-22(21)17-7-4-3-5-8-17/h3-5,7-8,10-11,16,21-22,24-25H,6,9,12-15H2,1-2H3/t21-,22-/m0/s1. The van der Waals surface area contributed by atoms with Gasteiger partial charge in [-0.15, -0.1) is 0 Å². The minimum absolute atomic E-state index is 0.380. The second-order valence-electron chi connectivity index (χ2n) is 7.85. The molecule has 0 aliphatic carbocycles. The summed E-state index contributed by atoms with van der Waals surface area (Å²) in [5, 5.41) is 7.59. The molecule has 2 aromatic rings. The van der Waals surface area contributed by atoms with E-state index in [2.05, 4.69) is 66.9 Å². The lowest BCUT2D eigenvalue weighted by Crippen LogP contribution is -2.45. The first kappa shape index (κ1) is 17.6. The van der Waals surface area contributed by atoms with Crippen molar-refractivity contribution in [1.82, 2.24) is 10.6 Å². The maximum Gasteiger partial charge on any atom is 0.127 e. The summed E-state index contributed by atoms with van der Waals surface area (Å²) in [5.74, 6) is 1.65. The molecule has 3 heteroatoms. The molecule has 4 rings (SSSR count). The Labute approximate surface area is 157 Å². The van der Waals surface area contributed by atoms with Crippen molar-refractivity contribution in [2.75, 3.05) is 13.2 Å². The number of hydrogen-bond acceptors (Lipinski definition) is 3. The number of rotatable bonds is 5. The monoisotopic (exact) mass is 350 g/mol. The first-order valence-corrected chi connectivity index (χ1v) is 10.0. The van der Waals surface area contributed by atoms with E-state index in [1.54, 1.807) is 0 Å². The van der Waals surface area contributed by atoms with Crippen LogP contribution < -0.4 is 15.4 Å². The second kappa shape index (κ2) is 7.81. The highest BCUT2D eigenvalue weighted by Crippen LogP contribution is 2.35. The molecule has 1 fully saturated rings. The van der Waals surface area contributed by atoms with Crippen molar-refractivity contribution < 1.29 is 4.74 Å². The van der Waals surface area contributed by atoms with E-state index < -0.39 is 0 Å². The Kier molecular flexibility index (Phi) is 5.28. The summed E-state index contributed by atoms with van der Waals surface area (Å²) in [6.45, 7) is 7.34. The Bertz CT molecular complexity index is 741. The van der Waals surface area contributed by atoms with E-state index in [1.807, 2.05) is 0 Å². The quantitative estimate of drug-likeness (QED) is 0.842. The molecule has 0 radical (unpaired) electrons. The highest BCUT2D eigenvalue weighted by Gasteiger charge is 2.27. The minimum Gasteiger partial charge on any atom is -0.493 e. The maximum absolute atomic E-state index is 6.02. The summed E-state index contributed by atoms with van der Waals surface area (Å²) in [6, 6.07) is 16.2. The average Bonchev–Trinajstić information content (AvgIpc) is 3.16. The first-order chi connectivity index (χ1) is 12.7. The largest absolute Gasteiger partial charge is 0.493 e. The number of benzene rings is 2. The van der Waals surface area contributed by atoms with Gasteiger partial charge in [-0.2, -0.15) is 0 Å². The fraction of sp³-hybridized carbons (Fsp3) is 0.478. The summed E-state index contributed by atoms with van der Waals surface area (Å²) < 4.78 is 6.02. The van der Waals surface area contributed by atoms with E-state index in [9.17, 15) is 0 Å². The van der Waals surface area contributed by atoms with E-state index in [4.69, 9.17) is 4.74 Å². The van der Waals surface area contributed by atoms with Gasteiger partial charge in [0.2, 0.25) is 0 Å². The highest BCUT2D eigenvalue weighted by atomic mass is 16.5. The summed E-state index contributed by atoms with van der Waals surface area (Å²) in [7, 11) is 0. The molecule has 26 heavy (non-hydrogen) atoms. The van der Waals surface area contributed by atoms with E-state index in [0.29, 0.717) is 18.0 Å². The lowest BCUT2D eigenvalue weighted by molar-refractivity contribution is 0.301. The van der Waals surface area contributed by atoms with Gasteiger partial charge in [0.25, 0.3) is 0 Å². The van der Waals surface area contributed by atoms with Gasteiger partial charge in [0.1, 0.15) is 5.75 Å². The molecule has 0 aromatic heterocycles. The van der Waals surface area contributed by atoms with Gasteiger partial charge in [0.05, 0.1) is 6.61 Å². The molecular formula is C23H30N2O. The predicted octanol–water partition coefficient (Wildman–Crippen LogP) is 4.33. The third-order valence-electron chi connectivity index (χ3n) is 5.78. The molecule has 3 nitrogen and oxygen atoms in total. The fourth-order valence-corrected chi connectivity index (χ4v) is 4.41. The van der Waals surface area contributed by atoms with Gasteiger partial charge < -0.3 is 15.4 Å². The van der Waals surface area contributed by atoms with Gasteiger partial charge in [-0.05, 0) is 42.0 Å². The number of nitrogens with one attached hydrogen (secondary N) is 2. The molecule has 2 atom stereocenters. The van der Waals surface area contributed by atoms with Crippen LogP contribution in [0.25, 0.3) is 0 Å². The third-order valence-corrected chi connectivity index (χ3v) is 5.78. The van der Waals surface area contributed by atoms with E-state index in [1.165, 1.54) is 35.1 Å². The SMILES string of the molecule is CC(C)c1ccc2c(c1CN[C@H]1CCCN[C@H]1c1ccccc1)OCC2. The molecule has 0 amide bonds. The zero-order chi connectivity index (χ0) is 17.9. The van der Waals surface area contributed by atoms with Crippen molar-refractivity contribution in [3.8, 4) is 5.75 Å². The smallest absolute Gasteiger partial charge is 0.127 e. The van der Waals surface area contributed by atoms with Crippen LogP contribution in [0.1, 0.15) is 60.9 Å². The van der Waals surface area contributed by atoms with Gasteiger partial charge >= 0.3 is 0 Å². The molecule has 2 aliphatic rings. The molecule has 2 aromatic carbocycles. The zero-order valence-electron chi connectivity index (χ0n) is 15.9. The molecule has 2 heterocycles. The van der Waals surface area contributed by atoms with Crippen LogP contribution in [0.15, 0.2) is 42.5 Å². The lowest BCUT2D eigenvalue weighted by atomic mass is 9.90. The molecule has 2 N–H and O–H groups in total. The van der Waals surface area contributed by atoms with Gasteiger partial charge in [-0.3, -0.25) is 0 Å². The van der Waals surface area contributed by atoms with Crippen molar-refractivity contribution in [3.63, 3.8) is 0 Å². The molecule has 138 valence electrons. The van der Waals surface area contributed by atoms with Gasteiger partial charge in [-0.1, -0.05) is 56.3 Å². The molecule has 0 unspecified atom stereocenters. The third kappa shape index (κ3) is 3.51. The Balaban J connectivity index is 1.55. The number of piperidine rings is 1. The highest BCUT2D eigenvalue weighted by molar-refractivity contribution is 5.49. The van der Waals surface area contributed by atoms with Gasteiger partial charge in [0.15, 0.2) is 0 Å². The maximum atomic E-state index is 6.02. The molecule has 0 bridgehead atoms. The van der Waals surface area contributed by atoms with E-state index >= 15 is 0 Å². The van der Waals surface area contributed by atoms with Crippen LogP contribution in [0, 0.1) is 0 Å². The normalized spacial score (nSPS) is 22.3. The first-order valence-electron chi connectivity index (χ1n) is 10.0. The average molecular weight is 351 g/mol. The predicted molar refractivity (Wildman–Crippen MR) is 107 cm³/mol. The number of fused-ring (bicyclic) bond motifs is 1. The summed E-state index contributed by atoms with van der Waals surface area (Å²) in [6.07, 6.45) is 3.47. The zero-order valence-corrected chi connectivity index (χ0v) is 15.9. The van der Waals surface area contributed by atoms with E-state index in [-0.39, 0.29) is 0 Å². The van der Waals surface area contributed by atoms with Crippen molar-refractivity contribution in [3.05, 3.63) is 64.7 Å². The van der Waals surface area contributed by atoms with Gasteiger partial charge in [-0.25, -0.2) is 0 Å². The molecular weight excluding hydrogens is 320 g/mol. The van der Waals surface area contributed by atoms with Crippen LogP contribution in [-0.4, -0.2) is 19.2 Å².